The summed E-state index contributed by atoms with van der Waals surface area (Å²) in [7, 11) is 1.51. The Labute approximate surface area is 140 Å². The number of nitrogens with two attached hydrogens (primary N) is 1. The third kappa shape index (κ3) is 2.87. The maximum atomic E-state index is 12.8. The number of hydrogen-bond donors (Lipinski definition) is 1. The fourth-order valence-electron chi connectivity index (χ4n) is 3.46. The summed E-state index contributed by atoms with van der Waals surface area (Å²) < 4.78 is 5.26. The first-order valence-electron chi connectivity index (χ1n) is 8.06. The Morgan fingerprint density at radius 3 is 2.50 bits per heavy atom. The molecular formula is C17H21N3O4. The highest BCUT2D eigenvalue weighted by Gasteiger charge is 2.44. The molecule has 3 rings (SSSR count). The molecule has 1 aromatic rings. The van der Waals surface area contributed by atoms with E-state index in [-0.39, 0.29) is 30.1 Å². The van der Waals surface area contributed by atoms with E-state index in [1.54, 1.807) is 24.3 Å². The average molecular weight is 331 g/mol. The number of methoxy groups -OCH3 is 1. The fourth-order valence-corrected chi connectivity index (χ4v) is 3.46. The molecule has 0 bridgehead atoms. The van der Waals surface area contributed by atoms with Crippen LogP contribution in [0.5, 0.6) is 5.75 Å². The zero-order valence-corrected chi connectivity index (χ0v) is 13.6. The first kappa shape index (κ1) is 16.4. The van der Waals surface area contributed by atoms with Gasteiger partial charge in [-0.2, -0.15) is 0 Å². The van der Waals surface area contributed by atoms with E-state index in [1.807, 2.05) is 4.90 Å². The minimum atomic E-state index is -0.476. The second-order valence-electron chi connectivity index (χ2n) is 6.17. The molecule has 0 aromatic heterocycles. The molecule has 2 N–H and O–H groups in total. The van der Waals surface area contributed by atoms with Crippen LogP contribution in [-0.4, -0.2) is 48.9 Å². The van der Waals surface area contributed by atoms with Crippen molar-refractivity contribution in [3.8, 4) is 5.75 Å². The van der Waals surface area contributed by atoms with Gasteiger partial charge in [0.2, 0.25) is 11.8 Å². The highest BCUT2D eigenvalue weighted by atomic mass is 16.5. The van der Waals surface area contributed by atoms with Crippen molar-refractivity contribution in [3.63, 3.8) is 0 Å². The number of imide groups is 1. The summed E-state index contributed by atoms with van der Waals surface area (Å²) in [5, 5.41) is 0. The molecule has 2 saturated heterocycles. The molecule has 2 aliphatic heterocycles. The molecule has 3 amide bonds. The van der Waals surface area contributed by atoms with Crippen molar-refractivity contribution >= 4 is 23.4 Å². The van der Waals surface area contributed by atoms with E-state index in [4.69, 9.17) is 10.5 Å². The third-order valence-electron chi connectivity index (χ3n) is 4.82. The zero-order valence-electron chi connectivity index (χ0n) is 13.6. The summed E-state index contributed by atoms with van der Waals surface area (Å²) in [5.74, 6) is -0.404. The summed E-state index contributed by atoms with van der Waals surface area (Å²) in [4.78, 5) is 39.7. The Hall–Kier alpha value is -2.41. The van der Waals surface area contributed by atoms with Gasteiger partial charge in [0.25, 0.3) is 5.91 Å². The zero-order chi connectivity index (χ0) is 17.3. The number of amides is 3. The largest absolute Gasteiger partial charge is 0.495 e. The summed E-state index contributed by atoms with van der Waals surface area (Å²) in [6.45, 7) is 1.19. The Morgan fingerprint density at radius 2 is 1.88 bits per heavy atom. The van der Waals surface area contributed by atoms with Gasteiger partial charge in [0, 0.05) is 5.92 Å². The lowest BCUT2D eigenvalue weighted by Crippen LogP contribution is -2.47. The molecule has 2 fully saturated rings. The molecule has 0 spiro atoms. The van der Waals surface area contributed by atoms with Crippen LogP contribution in [-0.2, 0) is 14.4 Å². The quantitative estimate of drug-likeness (QED) is 0.812. The summed E-state index contributed by atoms with van der Waals surface area (Å²) in [6.07, 6.45) is 1.40. The van der Waals surface area contributed by atoms with Gasteiger partial charge in [-0.25, -0.2) is 4.90 Å². The predicted octanol–water partition coefficient (Wildman–Crippen LogP) is 0.524. The van der Waals surface area contributed by atoms with Crippen molar-refractivity contribution in [1.82, 2.24) is 4.90 Å². The molecule has 24 heavy (non-hydrogen) atoms. The lowest BCUT2D eigenvalue weighted by atomic mass is 9.95. The van der Waals surface area contributed by atoms with Crippen LogP contribution in [0.15, 0.2) is 24.3 Å². The smallest absolute Gasteiger partial charge is 0.251 e. The van der Waals surface area contributed by atoms with E-state index in [9.17, 15) is 14.4 Å². The monoisotopic (exact) mass is 331 g/mol. The number of primary amides is 1. The van der Waals surface area contributed by atoms with Crippen LogP contribution in [0.4, 0.5) is 5.69 Å². The van der Waals surface area contributed by atoms with Gasteiger partial charge in [-0.3, -0.25) is 19.3 Å². The van der Waals surface area contributed by atoms with Crippen molar-refractivity contribution in [1.29, 1.82) is 0 Å². The van der Waals surface area contributed by atoms with Gasteiger partial charge in [0.1, 0.15) is 5.75 Å². The highest BCUT2D eigenvalue weighted by Crippen LogP contribution is 2.34. The minimum absolute atomic E-state index is 0.140. The fraction of sp³-hybridized carbons (Fsp3) is 0.471. The van der Waals surface area contributed by atoms with E-state index in [1.165, 1.54) is 12.0 Å². The molecule has 1 atom stereocenters. The van der Waals surface area contributed by atoms with Crippen LogP contribution in [0.1, 0.15) is 19.3 Å². The Balaban J connectivity index is 1.76. The van der Waals surface area contributed by atoms with Crippen LogP contribution in [0.25, 0.3) is 0 Å². The molecule has 0 radical (unpaired) electrons. The number of anilines is 1. The second-order valence-corrected chi connectivity index (χ2v) is 6.17. The first-order chi connectivity index (χ1) is 11.5. The van der Waals surface area contributed by atoms with Gasteiger partial charge in [-0.05, 0) is 38.1 Å². The number of ether oxygens (including phenoxy) is 1. The molecule has 2 heterocycles. The number of piperidine rings is 1. The maximum Gasteiger partial charge on any atom is 0.251 e. The normalized spacial score (nSPS) is 22.9. The van der Waals surface area contributed by atoms with Gasteiger partial charge >= 0.3 is 0 Å². The Morgan fingerprint density at radius 1 is 1.21 bits per heavy atom. The number of hydrogen-bond acceptors (Lipinski definition) is 5. The van der Waals surface area contributed by atoms with Gasteiger partial charge in [0.15, 0.2) is 0 Å². The third-order valence-corrected chi connectivity index (χ3v) is 4.82. The van der Waals surface area contributed by atoms with E-state index in [2.05, 4.69) is 0 Å². The number of rotatable bonds is 4. The lowest BCUT2D eigenvalue weighted by Gasteiger charge is -2.33. The lowest BCUT2D eigenvalue weighted by molar-refractivity contribution is -0.124. The van der Waals surface area contributed by atoms with Gasteiger partial charge in [-0.15, -0.1) is 0 Å². The van der Waals surface area contributed by atoms with Crippen molar-refractivity contribution in [2.45, 2.75) is 25.3 Å². The minimum Gasteiger partial charge on any atom is -0.495 e. The van der Waals surface area contributed by atoms with E-state index < -0.39 is 6.04 Å². The van der Waals surface area contributed by atoms with Crippen LogP contribution < -0.4 is 15.4 Å². The van der Waals surface area contributed by atoms with E-state index in [0.29, 0.717) is 37.4 Å². The summed E-state index contributed by atoms with van der Waals surface area (Å²) >= 11 is 0. The SMILES string of the molecule is COc1ccccc1N1C(=O)C[C@H](N2CCC(C(N)=O)CC2)C1=O. The number of nitrogens with zero attached hydrogens (tertiary/aromatic N) is 2. The summed E-state index contributed by atoms with van der Waals surface area (Å²) in [5.41, 5.74) is 5.82. The number of para-hydroxylation sites is 2. The first-order valence-corrected chi connectivity index (χ1v) is 8.06. The van der Waals surface area contributed by atoms with Crippen LogP contribution in [0.2, 0.25) is 0 Å². The van der Waals surface area contributed by atoms with E-state index >= 15 is 0 Å². The van der Waals surface area contributed by atoms with Crippen LogP contribution in [0, 0.1) is 5.92 Å². The maximum absolute atomic E-state index is 12.8. The number of benzene rings is 1. The van der Waals surface area contributed by atoms with Crippen molar-refractivity contribution in [3.05, 3.63) is 24.3 Å². The predicted molar refractivity (Wildman–Crippen MR) is 87.4 cm³/mol. The molecular weight excluding hydrogens is 310 g/mol. The molecule has 0 aliphatic carbocycles. The number of carbonyl (C=O) groups excluding carboxylic acids is 3. The van der Waals surface area contributed by atoms with Gasteiger partial charge in [0.05, 0.1) is 25.3 Å². The topological polar surface area (TPSA) is 92.9 Å². The van der Waals surface area contributed by atoms with E-state index in [0.717, 1.165) is 0 Å². The van der Waals surface area contributed by atoms with Crippen LogP contribution in [0.3, 0.4) is 0 Å². The highest BCUT2D eigenvalue weighted by molar-refractivity contribution is 6.23. The molecule has 0 saturated carbocycles. The van der Waals surface area contributed by atoms with Crippen molar-refractivity contribution in [2.24, 2.45) is 11.7 Å². The number of likely N-dealkylation sites (tertiary alicyclic amines) is 1. The molecule has 7 nitrogen and oxygen atoms in total. The molecule has 1 aromatic carbocycles. The molecule has 7 heteroatoms. The van der Waals surface area contributed by atoms with Crippen molar-refractivity contribution < 1.29 is 19.1 Å². The van der Waals surface area contributed by atoms with Crippen LogP contribution >= 0.6 is 0 Å². The summed E-state index contributed by atoms with van der Waals surface area (Å²) in [6, 6.07) is 6.51. The molecule has 0 unspecified atom stereocenters. The standard InChI is InChI=1S/C17H21N3O4/c1-24-14-5-3-2-4-12(14)20-15(21)10-13(17(20)23)19-8-6-11(7-9-19)16(18)22/h2-5,11,13H,6-10H2,1H3,(H2,18,22)/t13-/m0/s1. The molecule has 128 valence electrons. The van der Waals surface area contributed by atoms with Gasteiger partial charge in [-0.1, -0.05) is 12.1 Å². The second kappa shape index (κ2) is 6.60. The van der Waals surface area contributed by atoms with Gasteiger partial charge < -0.3 is 10.5 Å². The van der Waals surface area contributed by atoms with Crippen molar-refractivity contribution in [2.75, 3.05) is 25.1 Å². The molecule has 2 aliphatic rings. The number of carbonyl (C=O) groups is 3. The Bertz CT molecular complexity index is 668. The average Bonchev–Trinajstić information content (AvgIpc) is 2.89. The Kier molecular flexibility index (Phi) is 4.53.